The number of carbonyl (C=O) groups excluding carboxylic acids is 6. The van der Waals surface area contributed by atoms with E-state index in [4.69, 9.17) is 9.47 Å². The lowest BCUT2D eigenvalue weighted by Crippen LogP contribution is -2.36. The van der Waals surface area contributed by atoms with Crippen molar-refractivity contribution in [2.45, 2.75) is 118 Å². The Kier molecular flexibility index (Phi) is 17.2. The quantitative estimate of drug-likeness (QED) is 0.129. The smallest absolute Gasteiger partial charge is 0.331 e. The largest absolute Gasteiger partial charge is 0.451 e. The number of hydrogen-bond acceptors (Lipinski definition) is 8. The van der Waals surface area contributed by atoms with Gasteiger partial charge in [0.2, 0.25) is 0 Å². The van der Waals surface area contributed by atoms with E-state index >= 15 is 0 Å². The van der Waals surface area contributed by atoms with Gasteiger partial charge in [0.05, 0.1) is 12.8 Å². The molecule has 8 heteroatoms. The molecule has 4 unspecified atom stereocenters. The zero-order chi connectivity index (χ0) is 27.7. The lowest BCUT2D eigenvalue weighted by atomic mass is 9.89. The van der Waals surface area contributed by atoms with Gasteiger partial charge in [-0.05, 0) is 39.5 Å². The molecule has 36 heavy (non-hydrogen) atoms. The van der Waals surface area contributed by atoms with Crippen LogP contribution in [0.3, 0.4) is 0 Å². The first-order valence-electron chi connectivity index (χ1n) is 13.1. The first-order chi connectivity index (χ1) is 17.0. The SMILES string of the molecule is CCCCC(CC)C(OC(=O)/C=C\C(=O)OC(C(=O)CC(C)=O)C(CC)CCCC)C(=O)CC(C)=O. The van der Waals surface area contributed by atoms with E-state index in [1.807, 2.05) is 27.7 Å². The van der Waals surface area contributed by atoms with Gasteiger partial charge in [-0.15, -0.1) is 0 Å². The fourth-order valence-corrected chi connectivity index (χ4v) is 4.08. The molecule has 0 aliphatic rings. The van der Waals surface area contributed by atoms with Crippen LogP contribution in [0.25, 0.3) is 0 Å². The van der Waals surface area contributed by atoms with Gasteiger partial charge in [0.25, 0.3) is 0 Å². The van der Waals surface area contributed by atoms with Crippen LogP contribution in [0.5, 0.6) is 0 Å². The maximum absolute atomic E-state index is 12.6. The minimum Gasteiger partial charge on any atom is -0.451 e. The molecule has 0 N–H and O–H groups in total. The number of hydrogen-bond donors (Lipinski definition) is 0. The summed E-state index contributed by atoms with van der Waals surface area (Å²) in [5.41, 5.74) is 0. The monoisotopic (exact) mass is 508 g/mol. The molecule has 0 heterocycles. The maximum atomic E-state index is 12.6. The van der Waals surface area contributed by atoms with Crippen LogP contribution in [0.4, 0.5) is 0 Å². The molecule has 0 rings (SSSR count). The molecule has 0 aliphatic heterocycles. The first kappa shape index (κ1) is 33.4. The van der Waals surface area contributed by atoms with Crippen LogP contribution in [0.2, 0.25) is 0 Å². The third-order valence-electron chi connectivity index (χ3n) is 6.08. The van der Waals surface area contributed by atoms with Crippen molar-refractivity contribution in [2.75, 3.05) is 0 Å². The minimum atomic E-state index is -1.08. The predicted molar refractivity (Wildman–Crippen MR) is 136 cm³/mol. The van der Waals surface area contributed by atoms with Crippen LogP contribution in [-0.2, 0) is 38.2 Å². The summed E-state index contributed by atoms with van der Waals surface area (Å²) in [5, 5.41) is 0. The number of ether oxygens (including phenoxy) is 2. The summed E-state index contributed by atoms with van der Waals surface area (Å²) < 4.78 is 10.8. The number of esters is 2. The third kappa shape index (κ3) is 13.4. The normalized spacial score (nSPS) is 14.5. The molecule has 0 amide bonds. The van der Waals surface area contributed by atoms with E-state index in [1.165, 1.54) is 13.8 Å². The summed E-state index contributed by atoms with van der Waals surface area (Å²) in [6.07, 6.45) is 4.90. The van der Waals surface area contributed by atoms with Crippen molar-refractivity contribution in [3.05, 3.63) is 12.2 Å². The van der Waals surface area contributed by atoms with E-state index in [0.717, 1.165) is 37.8 Å². The molecule has 0 spiro atoms. The Bertz CT molecular complexity index is 718. The van der Waals surface area contributed by atoms with Gasteiger partial charge >= 0.3 is 11.9 Å². The van der Waals surface area contributed by atoms with Crippen LogP contribution in [0.15, 0.2) is 12.2 Å². The second-order valence-electron chi connectivity index (χ2n) is 9.36. The fourth-order valence-electron chi connectivity index (χ4n) is 4.08. The van der Waals surface area contributed by atoms with Gasteiger partial charge in [-0.2, -0.15) is 0 Å². The van der Waals surface area contributed by atoms with Crippen LogP contribution in [0.1, 0.15) is 106 Å². The van der Waals surface area contributed by atoms with Gasteiger partial charge in [0, 0.05) is 24.0 Å². The third-order valence-corrected chi connectivity index (χ3v) is 6.08. The lowest BCUT2D eigenvalue weighted by Gasteiger charge is -2.25. The van der Waals surface area contributed by atoms with Crippen molar-refractivity contribution in [2.24, 2.45) is 11.8 Å². The Labute approximate surface area is 215 Å². The number of carbonyl (C=O) groups is 6. The molecular formula is C28H44O8. The highest BCUT2D eigenvalue weighted by atomic mass is 16.6. The molecular weight excluding hydrogens is 464 g/mol. The topological polar surface area (TPSA) is 121 Å². The van der Waals surface area contributed by atoms with E-state index in [-0.39, 0.29) is 36.2 Å². The minimum absolute atomic E-state index is 0.237. The van der Waals surface area contributed by atoms with E-state index < -0.39 is 35.7 Å². The highest BCUT2D eigenvalue weighted by Gasteiger charge is 2.32. The van der Waals surface area contributed by atoms with Crippen molar-refractivity contribution >= 4 is 35.1 Å². The average molecular weight is 509 g/mol. The van der Waals surface area contributed by atoms with Gasteiger partial charge in [0.15, 0.2) is 23.8 Å². The molecule has 0 bridgehead atoms. The molecule has 204 valence electrons. The summed E-state index contributed by atoms with van der Waals surface area (Å²) >= 11 is 0. The van der Waals surface area contributed by atoms with Crippen LogP contribution >= 0.6 is 0 Å². The van der Waals surface area contributed by atoms with E-state index in [2.05, 4.69) is 0 Å². The van der Waals surface area contributed by atoms with Crippen molar-refractivity contribution in [3.8, 4) is 0 Å². The second kappa shape index (κ2) is 18.6. The standard InChI is InChI=1S/C28H44O8/c1-7-11-13-21(9-3)27(23(31)17-19(5)29)35-25(33)15-16-26(34)36-28(24(32)18-20(6)30)22(10-4)14-12-8-2/h15-16,21-22,27-28H,7-14,17-18H2,1-6H3/b16-15-. The maximum Gasteiger partial charge on any atom is 0.331 e. The summed E-state index contributed by atoms with van der Waals surface area (Å²) in [4.78, 5) is 73.1. The molecule has 0 aromatic rings. The highest BCUT2D eigenvalue weighted by Crippen LogP contribution is 2.23. The fraction of sp³-hybridized carbons (Fsp3) is 0.714. The van der Waals surface area contributed by atoms with Gasteiger partial charge in [-0.1, -0.05) is 53.4 Å². The zero-order valence-corrected chi connectivity index (χ0v) is 22.8. The molecule has 0 aromatic heterocycles. The number of Topliss-reactive ketones (excluding diaryl/α,β-unsaturated/α-hetero) is 4. The molecule has 0 aromatic carbocycles. The van der Waals surface area contributed by atoms with Crippen LogP contribution in [-0.4, -0.2) is 47.3 Å². The summed E-state index contributed by atoms with van der Waals surface area (Å²) in [7, 11) is 0. The molecule has 0 radical (unpaired) electrons. The van der Waals surface area contributed by atoms with Crippen molar-refractivity contribution < 1.29 is 38.2 Å². The Morgan fingerprint density at radius 2 is 0.944 bits per heavy atom. The summed E-state index contributed by atoms with van der Waals surface area (Å²) in [6.45, 7) is 10.4. The summed E-state index contributed by atoms with van der Waals surface area (Å²) in [6, 6.07) is 0. The zero-order valence-electron chi connectivity index (χ0n) is 22.8. The molecule has 0 saturated carbocycles. The lowest BCUT2D eigenvalue weighted by molar-refractivity contribution is -0.156. The Morgan fingerprint density at radius 3 is 1.19 bits per heavy atom. The second-order valence-corrected chi connectivity index (χ2v) is 9.36. The van der Waals surface area contributed by atoms with Crippen molar-refractivity contribution in [1.82, 2.24) is 0 Å². The molecule has 4 atom stereocenters. The highest BCUT2D eigenvalue weighted by molar-refractivity contribution is 6.02. The van der Waals surface area contributed by atoms with E-state index in [9.17, 15) is 28.8 Å². The van der Waals surface area contributed by atoms with Gasteiger partial charge in [0.1, 0.15) is 11.6 Å². The molecule has 8 nitrogen and oxygen atoms in total. The van der Waals surface area contributed by atoms with Gasteiger partial charge < -0.3 is 9.47 Å². The Balaban J connectivity index is 5.51. The molecule has 0 aliphatic carbocycles. The van der Waals surface area contributed by atoms with Gasteiger partial charge in [-0.25, -0.2) is 9.59 Å². The molecule has 0 saturated heterocycles. The number of ketones is 4. The Morgan fingerprint density at radius 1 is 0.611 bits per heavy atom. The van der Waals surface area contributed by atoms with Crippen LogP contribution in [0, 0.1) is 11.8 Å². The average Bonchev–Trinajstić information content (AvgIpc) is 2.81. The summed E-state index contributed by atoms with van der Waals surface area (Å²) in [5.74, 6) is -3.86. The Hall–Kier alpha value is -2.64. The van der Waals surface area contributed by atoms with Crippen LogP contribution < -0.4 is 0 Å². The first-order valence-corrected chi connectivity index (χ1v) is 13.1. The van der Waals surface area contributed by atoms with Gasteiger partial charge in [-0.3, -0.25) is 19.2 Å². The number of unbranched alkanes of at least 4 members (excludes halogenated alkanes) is 2. The van der Waals surface area contributed by atoms with Crippen molar-refractivity contribution in [1.29, 1.82) is 0 Å². The van der Waals surface area contributed by atoms with Crippen molar-refractivity contribution in [3.63, 3.8) is 0 Å². The number of rotatable bonds is 20. The predicted octanol–water partition coefficient (Wildman–Crippen LogP) is 4.90. The van der Waals surface area contributed by atoms with E-state index in [0.29, 0.717) is 25.7 Å². The molecule has 0 fully saturated rings. The van der Waals surface area contributed by atoms with E-state index in [1.54, 1.807) is 0 Å².